The predicted octanol–water partition coefficient (Wildman–Crippen LogP) is 5.19. The van der Waals surface area contributed by atoms with Gasteiger partial charge in [-0.2, -0.15) is 4.98 Å². The fraction of sp³-hybridized carbons (Fsp3) is 0.500. The molecule has 2 heterocycles. The lowest BCUT2D eigenvalue weighted by Gasteiger charge is -2.30. The number of nitrogens with one attached hydrogen (secondary N) is 2. The molecule has 0 aliphatic heterocycles. The fourth-order valence-corrected chi connectivity index (χ4v) is 4.09. The third-order valence-corrected chi connectivity index (χ3v) is 5.46. The van der Waals surface area contributed by atoms with Crippen LogP contribution in [0.1, 0.15) is 52.5 Å². The van der Waals surface area contributed by atoms with Crippen LogP contribution in [0.15, 0.2) is 24.4 Å². The van der Waals surface area contributed by atoms with Gasteiger partial charge in [0.1, 0.15) is 22.8 Å². The number of aromatic nitrogens is 4. The number of imidazole rings is 1. The van der Waals surface area contributed by atoms with Crippen molar-refractivity contribution in [2.24, 2.45) is 0 Å². The smallest absolute Gasteiger partial charge is 0.224 e. The van der Waals surface area contributed by atoms with Crippen molar-refractivity contribution in [1.82, 2.24) is 19.5 Å². The molecule has 2 aromatic heterocycles. The number of nitrogens with zero attached hydrogens (tertiary/aromatic N) is 4. The summed E-state index contributed by atoms with van der Waals surface area (Å²) < 4.78 is 36.4. The number of halogens is 2. The zero-order chi connectivity index (χ0) is 22.0. The third kappa shape index (κ3) is 4.61. The number of ether oxygens (including phenoxy) is 1. The quantitative estimate of drug-likeness (QED) is 0.537. The number of fused-ring (bicyclic) bond motifs is 1. The Morgan fingerprint density at radius 3 is 2.48 bits per heavy atom. The summed E-state index contributed by atoms with van der Waals surface area (Å²) in [6, 6.07) is 4.02. The van der Waals surface area contributed by atoms with Gasteiger partial charge in [0.15, 0.2) is 5.65 Å². The van der Waals surface area contributed by atoms with E-state index in [4.69, 9.17) is 4.74 Å². The molecule has 0 saturated heterocycles. The molecule has 0 radical (unpaired) electrons. The van der Waals surface area contributed by atoms with Crippen LogP contribution >= 0.6 is 0 Å². The molecule has 166 valence electrons. The Kier molecular flexibility index (Phi) is 6.31. The van der Waals surface area contributed by atoms with Crippen molar-refractivity contribution >= 4 is 28.7 Å². The molecular weight excluding hydrogens is 402 g/mol. The summed E-state index contributed by atoms with van der Waals surface area (Å²) >= 11 is 0. The first-order chi connectivity index (χ1) is 15.0. The number of hydrogen-bond donors (Lipinski definition) is 2. The molecule has 31 heavy (non-hydrogen) atoms. The van der Waals surface area contributed by atoms with E-state index in [1.807, 2.05) is 25.3 Å². The molecule has 1 aliphatic rings. The number of anilines is 3. The molecule has 3 aromatic rings. The lowest BCUT2D eigenvalue weighted by atomic mass is 9.92. The molecule has 0 unspecified atom stereocenters. The van der Waals surface area contributed by atoms with Gasteiger partial charge in [-0.25, -0.2) is 18.7 Å². The molecule has 4 rings (SSSR count). The van der Waals surface area contributed by atoms with Crippen LogP contribution in [-0.4, -0.2) is 38.3 Å². The number of hydrogen-bond acceptors (Lipinski definition) is 6. The molecule has 1 saturated carbocycles. The standard InChI is InChI=1S/C22H28F2N6O/c1-4-31-15-10-8-14(9-11-15)30-20-18(12-25-21(29-20)26-13(2)3)27-22(30)28-19-16(23)6-5-7-17(19)24/h5-7,12-15H,4,8-11H2,1-3H3,(H,27,28)(H,25,26,29)/t14-,15+. The maximum Gasteiger partial charge on any atom is 0.224 e. The van der Waals surface area contributed by atoms with Crippen LogP contribution in [0.3, 0.4) is 0 Å². The van der Waals surface area contributed by atoms with Crippen molar-refractivity contribution in [3.8, 4) is 0 Å². The van der Waals surface area contributed by atoms with Crippen molar-refractivity contribution in [3.05, 3.63) is 36.0 Å². The van der Waals surface area contributed by atoms with E-state index in [0.29, 0.717) is 29.7 Å². The van der Waals surface area contributed by atoms with Crippen LogP contribution in [0.25, 0.3) is 11.2 Å². The Morgan fingerprint density at radius 1 is 1.13 bits per heavy atom. The lowest BCUT2D eigenvalue weighted by Crippen LogP contribution is -2.24. The molecule has 0 bridgehead atoms. The monoisotopic (exact) mass is 430 g/mol. The molecule has 0 spiro atoms. The fourth-order valence-electron chi connectivity index (χ4n) is 4.09. The van der Waals surface area contributed by atoms with Crippen molar-refractivity contribution in [2.75, 3.05) is 17.2 Å². The normalized spacial score (nSPS) is 19.2. The highest BCUT2D eigenvalue weighted by Gasteiger charge is 2.28. The zero-order valence-electron chi connectivity index (χ0n) is 18.0. The van der Waals surface area contributed by atoms with E-state index in [0.717, 1.165) is 25.7 Å². The van der Waals surface area contributed by atoms with Crippen molar-refractivity contribution in [3.63, 3.8) is 0 Å². The minimum atomic E-state index is -0.674. The first-order valence-electron chi connectivity index (χ1n) is 10.8. The highest BCUT2D eigenvalue weighted by atomic mass is 19.1. The van der Waals surface area contributed by atoms with Gasteiger partial charge in [-0.05, 0) is 58.6 Å². The second-order valence-corrected chi connectivity index (χ2v) is 8.11. The van der Waals surface area contributed by atoms with Gasteiger partial charge in [-0.1, -0.05) is 6.07 Å². The van der Waals surface area contributed by atoms with E-state index in [-0.39, 0.29) is 23.9 Å². The lowest BCUT2D eigenvalue weighted by molar-refractivity contribution is 0.0276. The number of para-hydroxylation sites is 1. The first kappa shape index (κ1) is 21.4. The number of benzene rings is 1. The first-order valence-corrected chi connectivity index (χ1v) is 10.8. The average Bonchev–Trinajstić information content (AvgIpc) is 3.08. The number of rotatable bonds is 7. The molecular formula is C22H28F2N6O. The summed E-state index contributed by atoms with van der Waals surface area (Å²) in [6.07, 6.45) is 5.42. The summed E-state index contributed by atoms with van der Waals surface area (Å²) in [6.45, 7) is 6.71. The summed E-state index contributed by atoms with van der Waals surface area (Å²) in [7, 11) is 0. The second kappa shape index (κ2) is 9.13. The molecule has 9 heteroatoms. The van der Waals surface area contributed by atoms with Gasteiger partial charge in [0.2, 0.25) is 11.9 Å². The topological polar surface area (TPSA) is 76.9 Å². The van der Waals surface area contributed by atoms with E-state index in [1.165, 1.54) is 18.2 Å². The van der Waals surface area contributed by atoms with Gasteiger partial charge in [0.05, 0.1) is 12.3 Å². The largest absolute Gasteiger partial charge is 0.379 e. The Balaban J connectivity index is 1.75. The van der Waals surface area contributed by atoms with Gasteiger partial charge in [-0.3, -0.25) is 4.57 Å². The van der Waals surface area contributed by atoms with E-state index in [9.17, 15) is 8.78 Å². The summed E-state index contributed by atoms with van der Waals surface area (Å²) in [4.78, 5) is 13.6. The molecule has 0 amide bonds. The molecule has 1 aliphatic carbocycles. The van der Waals surface area contributed by atoms with Crippen LogP contribution in [-0.2, 0) is 4.74 Å². The Labute approximate surface area is 180 Å². The van der Waals surface area contributed by atoms with E-state index in [1.54, 1.807) is 6.20 Å². The Bertz CT molecular complexity index is 1030. The minimum absolute atomic E-state index is 0.0841. The molecule has 0 atom stereocenters. The van der Waals surface area contributed by atoms with Gasteiger partial charge in [0, 0.05) is 18.7 Å². The highest BCUT2D eigenvalue weighted by Crippen LogP contribution is 2.36. The minimum Gasteiger partial charge on any atom is -0.379 e. The van der Waals surface area contributed by atoms with Gasteiger partial charge in [0.25, 0.3) is 0 Å². The molecule has 1 fully saturated rings. The van der Waals surface area contributed by atoms with E-state index < -0.39 is 11.6 Å². The predicted molar refractivity (Wildman–Crippen MR) is 117 cm³/mol. The van der Waals surface area contributed by atoms with Crippen LogP contribution < -0.4 is 10.6 Å². The van der Waals surface area contributed by atoms with Gasteiger partial charge < -0.3 is 15.4 Å². The summed E-state index contributed by atoms with van der Waals surface area (Å²) in [5.41, 5.74) is 0.980. The second-order valence-electron chi connectivity index (χ2n) is 8.11. The maximum absolute atomic E-state index is 14.3. The van der Waals surface area contributed by atoms with Gasteiger partial charge >= 0.3 is 0 Å². The van der Waals surface area contributed by atoms with E-state index in [2.05, 4.69) is 25.6 Å². The van der Waals surface area contributed by atoms with Crippen molar-refractivity contribution < 1.29 is 13.5 Å². The van der Waals surface area contributed by atoms with Crippen molar-refractivity contribution in [1.29, 1.82) is 0 Å². The maximum atomic E-state index is 14.3. The Hall–Kier alpha value is -2.81. The molecule has 2 N–H and O–H groups in total. The Morgan fingerprint density at radius 2 is 1.84 bits per heavy atom. The van der Waals surface area contributed by atoms with Crippen molar-refractivity contribution in [2.45, 2.75) is 64.6 Å². The van der Waals surface area contributed by atoms with Crippen LogP contribution in [0.2, 0.25) is 0 Å². The van der Waals surface area contributed by atoms with Crippen LogP contribution in [0, 0.1) is 11.6 Å². The third-order valence-electron chi connectivity index (χ3n) is 5.46. The zero-order valence-corrected chi connectivity index (χ0v) is 18.0. The average molecular weight is 431 g/mol. The summed E-state index contributed by atoms with van der Waals surface area (Å²) in [5, 5.41) is 6.08. The molecule has 1 aromatic carbocycles. The van der Waals surface area contributed by atoms with Crippen LogP contribution in [0.4, 0.5) is 26.4 Å². The van der Waals surface area contributed by atoms with Gasteiger partial charge in [-0.15, -0.1) is 0 Å². The van der Waals surface area contributed by atoms with Crippen LogP contribution in [0.5, 0.6) is 0 Å². The summed E-state index contributed by atoms with van der Waals surface area (Å²) in [5.74, 6) is -0.496. The SMILES string of the molecule is CCO[C@H]1CC[C@@H](n2c(Nc3c(F)cccc3F)nc3cnc(NC(C)C)nc32)CC1. The van der Waals surface area contributed by atoms with E-state index >= 15 is 0 Å². The highest BCUT2D eigenvalue weighted by molar-refractivity contribution is 5.76. The molecule has 7 nitrogen and oxygen atoms in total.